The van der Waals surface area contributed by atoms with Gasteiger partial charge in [-0.15, -0.1) is 0 Å². The second kappa shape index (κ2) is 11.6. The lowest BCUT2D eigenvalue weighted by Gasteiger charge is -2.40. The minimum atomic E-state index is -0.0364. The van der Waals surface area contributed by atoms with Crippen LogP contribution in [-0.4, -0.2) is 9.55 Å². The third kappa shape index (κ3) is 4.81. The van der Waals surface area contributed by atoms with Crippen LogP contribution >= 0.6 is 0 Å². The Kier molecular flexibility index (Phi) is 7.36. The van der Waals surface area contributed by atoms with Crippen molar-refractivity contribution in [1.82, 2.24) is 9.55 Å². The molecule has 1 aliphatic carbocycles. The van der Waals surface area contributed by atoms with Crippen molar-refractivity contribution >= 4 is 44.5 Å². The highest BCUT2D eigenvalue weighted by molar-refractivity contribution is 6.24. The number of rotatable bonds is 6. The lowest BCUT2D eigenvalue weighted by molar-refractivity contribution is 0.348. The Morgan fingerprint density at radius 1 is 0.750 bits per heavy atom. The number of hydrogen-bond donors (Lipinski definition) is 0. The van der Waals surface area contributed by atoms with Gasteiger partial charge in [0.25, 0.3) is 0 Å². The molecule has 0 atom stereocenters. The lowest BCUT2D eigenvalue weighted by Crippen LogP contribution is -2.30. The molecule has 0 aliphatic heterocycles. The van der Waals surface area contributed by atoms with Gasteiger partial charge in [0.2, 0.25) is 0 Å². The average molecular weight is 625 g/mol. The number of allylic oxidation sites excluding steroid dienone is 1. The molecule has 2 heteroatoms. The van der Waals surface area contributed by atoms with Crippen molar-refractivity contribution in [1.29, 1.82) is 0 Å². The average Bonchev–Trinajstić information content (AvgIpc) is 3.49. The van der Waals surface area contributed by atoms with Gasteiger partial charge in [-0.25, -0.2) is 4.98 Å². The summed E-state index contributed by atoms with van der Waals surface area (Å²) in [5, 5.41) is 8.26. The van der Waals surface area contributed by atoms with Gasteiger partial charge in [0.05, 0.1) is 11.4 Å². The van der Waals surface area contributed by atoms with E-state index in [1.54, 1.807) is 0 Å². The van der Waals surface area contributed by atoms with Gasteiger partial charge < -0.3 is 0 Å². The zero-order chi connectivity index (χ0) is 33.0. The Bertz CT molecular complexity index is 2280. The highest BCUT2D eigenvalue weighted by Gasteiger charge is 2.37. The second-order valence-corrected chi connectivity index (χ2v) is 14.7. The predicted molar refractivity (Wildman–Crippen MR) is 207 cm³/mol. The molecule has 0 amide bonds. The normalized spacial score (nSPS) is 15.2. The maximum absolute atomic E-state index is 5.05. The third-order valence-electron chi connectivity index (χ3n) is 10.9. The monoisotopic (exact) mass is 624 g/mol. The first-order valence-electron chi connectivity index (χ1n) is 17.6. The van der Waals surface area contributed by atoms with Crippen LogP contribution in [0.5, 0.6) is 0 Å². The molecule has 8 rings (SSSR count). The van der Waals surface area contributed by atoms with E-state index >= 15 is 0 Å². The number of hydrogen-bond acceptors (Lipinski definition) is 1. The molecule has 0 radical (unpaired) electrons. The van der Waals surface area contributed by atoms with E-state index in [0.717, 1.165) is 41.3 Å². The largest absolute Gasteiger partial charge is 0.292 e. The highest BCUT2D eigenvalue weighted by Crippen LogP contribution is 2.49. The summed E-state index contributed by atoms with van der Waals surface area (Å²) in [6.07, 6.45) is 12.2. The maximum Gasteiger partial charge on any atom is 0.145 e. The predicted octanol–water partition coefficient (Wildman–Crippen LogP) is 12.7. The molecular formula is C46H44N2. The zero-order valence-corrected chi connectivity index (χ0v) is 28.7. The first-order valence-corrected chi connectivity index (χ1v) is 17.6. The Morgan fingerprint density at radius 2 is 1.42 bits per heavy atom. The van der Waals surface area contributed by atoms with E-state index in [9.17, 15) is 0 Å². The van der Waals surface area contributed by atoms with E-state index in [1.807, 2.05) is 6.08 Å². The van der Waals surface area contributed by atoms with Crippen molar-refractivity contribution in [3.8, 4) is 17.1 Å². The van der Waals surface area contributed by atoms with Crippen LogP contribution in [0.1, 0.15) is 87.9 Å². The van der Waals surface area contributed by atoms with E-state index in [4.69, 9.17) is 4.98 Å². The molecule has 0 saturated heterocycles. The van der Waals surface area contributed by atoms with Crippen molar-refractivity contribution in [3.05, 3.63) is 144 Å². The molecule has 1 aliphatic rings. The van der Waals surface area contributed by atoms with Crippen molar-refractivity contribution in [2.75, 3.05) is 0 Å². The van der Waals surface area contributed by atoms with Crippen LogP contribution in [0.3, 0.4) is 0 Å². The topological polar surface area (TPSA) is 17.8 Å². The summed E-state index contributed by atoms with van der Waals surface area (Å²) in [5.41, 5.74) is 8.49. The molecule has 238 valence electrons. The van der Waals surface area contributed by atoms with Crippen LogP contribution in [-0.2, 0) is 10.8 Å². The fourth-order valence-electron chi connectivity index (χ4n) is 8.43. The van der Waals surface area contributed by atoms with Crippen molar-refractivity contribution in [3.63, 3.8) is 0 Å². The molecule has 2 nitrogen and oxygen atoms in total. The molecule has 0 bridgehead atoms. The molecule has 0 N–H and O–H groups in total. The number of imidazole rings is 1. The molecule has 0 spiro atoms. The number of nitrogens with zero attached hydrogens (tertiary/aromatic N) is 2. The third-order valence-corrected chi connectivity index (χ3v) is 10.9. The van der Waals surface area contributed by atoms with E-state index in [1.165, 1.54) is 68.3 Å². The van der Waals surface area contributed by atoms with Crippen LogP contribution in [0, 0.1) is 0 Å². The van der Waals surface area contributed by atoms with E-state index in [-0.39, 0.29) is 10.8 Å². The van der Waals surface area contributed by atoms with Gasteiger partial charge in [0.15, 0.2) is 0 Å². The molecule has 6 aromatic carbocycles. The van der Waals surface area contributed by atoms with E-state index < -0.39 is 0 Å². The Balaban J connectivity index is 1.31. The van der Waals surface area contributed by atoms with Gasteiger partial charge in [-0.3, -0.25) is 4.57 Å². The minimum absolute atomic E-state index is 0.0364. The first kappa shape index (κ1) is 30.4. The molecule has 1 fully saturated rings. The van der Waals surface area contributed by atoms with Crippen LogP contribution in [0.25, 0.3) is 61.5 Å². The van der Waals surface area contributed by atoms with Gasteiger partial charge in [-0.05, 0) is 98.5 Å². The fourth-order valence-corrected chi connectivity index (χ4v) is 8.43. The van der Waals surface area contributed by atoms with Gasteiger partial charge in [-0.1, -0.05) is 144 Å². The zero-order valence-electron chi connectivity index (χ0n) is 28.7. The van der Waals surface area contributed by atoms with Crippen LogP contribution < -0.4 is 0 Å². The Morgan fingerprint density at radius 3 is 2.08 bits per heavy atom. The van der Waals surface area contributed by atoms with Crippen molar-refractivity contribution < 1.29 is 0 Å². The molecule has 0 unspecified atom stereocenters. The van der Waals surface area contributed by atoms with E-state index in [2.05, 4.69) is 154 Å². The van der Waals surface area contributed by atoms with Gasteiger partial charge in [0.1, 0.15) is 5.82 Å². The second-order valence-electron chi connectivity index (χ2n) is 14.7. The lowest BCUT2D eigenvalue weighted by atomic mass is 9.64. The standard InChI is InChI=1S/C46H44N2/c1-6-14-41-40(7-2)47-44(32-15-10-8-11-16-32)48(41)37-23-21-35(22-24-37)46(27-12-9-13-28-46)39-26-20-31-17-18-33-29-36(45(3,4)5)30-34-19-25-38(39)43(31)42(33)34/h6-8,10-11,14-26,29-30H,2,9,12-13,27-28H2,1,3-5H3/b14-6-. The maximum atomic E-state index is 5.05. The summed E-state index contributed by atoms with van der Waals surface area (Å²) in [7, 11) is 0. The first-order chi connectivity index (χ1) is 23.3. The molecule has 1 saturated carbocycles. The molecule has 48 heavy (non-hydrogen) atoms. The summed E-state index contributed by atoms with van der Waals surface area (Å²) in [5.74, 6) is 0.931. The van der Waals surface area contributed by atoms with Gasteiger partial charge >= 0.3 is 0 Å². The number of benzene rings is 6. The van der Waals surface area contributed by atoms with Crippen LogP contribution in [0.2, 0.25) is 0 Å². The Hall–Kier alpha value is -4.95. The highest BCUT2D eigenvalue weighted by atomic mass is 15.1. The van der Waals surface area contributed by atoms with Crippen molar-refractivity contribution in [2.45, 2.75) is 70.6 Å². The van der Waals surface area contributed by atoms with Crippen LogP contribution in [0.15, 0.2) is 116 Å². The summed E-state index contributed by atoms with van der Waals surface area (Å²) < 4.78 is 2.28. The smallest absolute Gasteiger partial charge is 0.145 e. The SMILES string of the molecule is C=Cc1nc(-c2ccccc2)n(-c2ccc(C3(c4ccc5ccc6cc(C(C)(C)C)cc7ccc4c5c67)CCCCC3)cc2)c1/C=C\C. The molecule has 1 aromatic heterocycles. The summed E-state index contributed by atoms with van der Waals surface area (Å²) in [6.45, 7) is 13.1. The Labute approximate surface area is 284 Å². The molecule has 1 heterocycles. The summed E-state index contributed by atoms with van der Waals surface area (Å²) >= 11 is 0. The van der Waals surface area contributed by atoms with E-state index in [0.29, 0.717) is 0 Å². The minimum Gasteiger partial charge on any atom is -0.292 e. The van der Waals surface area contributed by atoms with Crippen LogP contribution in [0.4, 0.5) is 0 Å². The number of aromatic nitrogens is 2. The molecular weight excluding hydrogens is 581 g/mol. The summed E-state index contributed by atoms with van der Waals surface area (Å²) in [4.78, 5) is 5.05. The fraction of sp³-hybridized carbons (Fsp3) is 0.239. The van der Waals surface area contributed by atoms with Gasteiger partial charge in [0, 0.05) is 16.7 Å². The summed E-state index contributed by atoms with van der Waals surface area (Å²) in [6, 6.07) is 39.0. The molecule has 7 aromatic rings. The van der Waals surface area contributed by atoms with Crippen molar-refractivity contribution in [2.24, 2.45) is 0 Å². The quantitative estimate of drug-likeness (QED) is 0.168. The van der Waals surface area contributed by atoms with Gasteiger partial charge in [-0.2, -0.15) is 0 Å².